The minimum Gasteiger partial charge on any atom is -0.480 e. The lowest BCUT2D eigenvalue weighted by atomic mass is 10.1. The monoisotopic (exact) mass is 415 g/mol. The fourth-order valence-electron chi connectivity index (χ4n) is 1.98. The summed E-state index contributed by atoms with van der Waals surface area (Å²) in [5.74, 6) is -1.61. The molecule has 1 atom stereocenters. The predicted octanol–water partition coefficient (Wildman–Crippen LogP) is 4.18. The highest BCUT2D eigenvalue weighted by atomic mass is 79.9. The third-order valence-electron chi connectivity index (χ3n) is 3.13. The molecular formula is C16H12BrCl2NO3. The van der Waals surface area contributed by atoms with E-state index in [1.54, 1.807) is 36.4 Å². The lowest BCUT2D eigenvalue weighted by Gasteiger charge is -2.15. The molecule has 0 saturated heterocycles. The first-order chi connectivity index (χ1) is 10.9. The molecule has 0 bridgehead atoms. The minimum absolute atomic E-state index is 0.0606. The Balaban J connectivity index is 2.16. The molecule has 120 valence electrons. The van der Waals surface area contributed by atoms with Gasteiger partial charge in [-0.05, 0) is 35.9 Å². The summed E-state index contributed by atoms with van der Waals surface area (Å²) in [7, 11) is 0. The van der Waals surface area contributed by atoms with Gasteiger partial charge in [-0.15, -0.1) is 0 Å². The van der Waals surface area contributed by atoms with E-state index in [0.29, 0.717) is 21.2 Å². The molecule has 1 unspecified atom stereocenters. The van der Waals surface area contributed by atoms with Crippen molar-refractivity contribution in [3.05, 3.63) is 68.1 Å². The Labute approximate surface area is 151 Å². The molecule has 0 aliphatic heterocycles. The largest absolute Gasteiger partial charge is 0.480 e. The number of nitrogens with one attached hydrogen (secondary N) is 1. The quantitative estimate of drug-likeness (QED) is 0.768. The molecule has 0 heterocycles. The Kier molecular flexibility index (Phi) is 6.04. The lowest BCUT2D eigenvalue weighted by Crippen LogP contribution is -2.42. The average molecular weight is 417 g/mol. The molecule has 0 spiro atoms. The van der Waals surface area contributed by atoms with Gasteiger partial charge in [-0.3, -0.25) is 4.79 Å². The van der Waals surface area contributed by atoms with Crippen LogP contribution in [0, 0.1) is 0 Å². The number of carbonyl (C=O) groups is 2. The van der Waals surface area contributed by atoms with Crippen LogP contribution in [0.15, 0.2) is 46.9 Å². The van der Waals surface area contributed by atoms with Gasteiger partial charge in [0, 0.05) is 26.5 Å². The zero-order valence-electron chi connectivity index (χ0n) is 11.7. The molecular weight excluding hydrogens is 405 g/mol. The number of carboxylic acid groups (broad SMARTS) is 1. The van der Waals surface area contributed by atoms with Crippen LogP contribution in [0.25, 0.3) is 0 Å². The Bertz CT molecular complexity index is 752. The predicted molar refractivity (Wildman–Crippen MR) is 93.2 cm³/mol. The number of hydrogen-bond donors (Lipinski definition) is 2. The number of aliphatic carboxylic acids is 1. The third-order valence-corrected chi connectivity index (χ3v) is 4.21. The SMILES string of the molecule is O=C(NC(Cc1ccc(Cl)cc1Cl)C(=O)O)c1cccc(Br)c1. The number of amides is 1. The standard InChI is InChI=1S/C16H12BrCl2NO3/c17-11-3-1-2-10(6-11)15(21)20-14(16(22)23)7-9-4-5-12(18)8-13(9)19/h1-6,8,14H,7H2,(H,20,21)(H,22,23). The molecule has 0 aliphatic carbocycles. The highest BCUT2D eigenvalue weighted by Gasteiger charge is 2.22. The first kappa shape index (κ1) is 17.8. The van der Waals surface area contributed by atoms with Crippen LogP contribution >= 0.6 is 39.1 Å². The van der Waals surface area contributed by atoms with Crippen LogP contribution in [0.4, 0.5) is 0 Å². The Morgan fingerprint density at radius 1 is 1.17 bits per heavy atom. The first-order valence-corrected chi connectivity index (χ1v) is 8.15. The van der Waals surface area contributed by atoms with E-state index < -0.39 is 17.9 Å². The van der Waals surface area contributed by atoms with E-state index in [1.165, 1.54) is 6.07 Å². The van der Waals surface area contributed by atoms with Crippen LogP contribution in [0.3, 0.4) is 0 Å². The van der Waals surface area contributed by atoms with Crippen molar-refractivity contribution in [1.29, 1.82) is 0 Å². The highest BCUT2D eigenvalue weighted by molar-refractivity contribution is 9.10. The third kappa shape index (κ3) is 4.96. The van der Waals surface area contributed by atoms with E-state index in [9.17, 15) is 14.7 Å². The van der Waals surface area contributed by atoms with E-state index in [0.717, 1.165) is 4.47 Å². The van der Waals surface area contributed by atoms with Crippen LogP contribution in [-0.2, 0) is 11.2 Å². The van der Waals surface area contributed by atoms with Gasteiger partial charge in [0.05, 0.1) is 0 Å². The maximum Gasteiger partial charge on any atom is 0.326 e. The number of benzene rings is 2. The fourth-order valence-corrected chi connectivity index (χ4v) is 2.86. The smallest absolute Gasteiger partial charge is 0.326 e. The van der Waals surface area contributed by atoms with Crippen LogP contribution in [0.2, 0.25) is 10.0 Å². The summed E-state index contributed by atoms with van der Waals surface area (Å²) >= 11 is 15.1. The number of rotatable bonds is 5. The maximum atomic E-state index is 12.2. The molecule has 0 aliphatic rings. The molecule has 0 aromatic heterocycles. The minimum atomic E-state index is -1.14. The maximum absolute atomic E-state index is 12.2. The van der Waals surface area contributed by atoms with Gasteiger partial charge in [0.25, 0.3) is 5.91 Å². The van der Waals surface area contributed by atoms with Crippen molar-refractivity contribution in [2.75, 3.05) is 0 Å². The van der Waals surface area contributed by atoms with Crippen molar-refractivity contribution >= 4 is 51.0 Å². The van der Waals surface area contributed by atoms with Crippen molar-refractivity contribution in [2.24, 2.45) is 0 Å². The van der Waals surface area contributed by atoms with Crippen molar-refractivity contribution in [3.63, 3.8) is 0 Å². The topological polar surface area (TPSA) is 66.4 Å². The van der Waals surface area contributed by atoms with Gasteiger partial charge in [0.1, 0.15) is 6.04 Å². The van der Waals surface area contributed by atoms with Crippen molar-refractivity contribution in [3.8, 4) is 0 Å². The van der Waals surface area contributed by atoms with E-state index in [2.05, 4.69) is 21.2 Å². The Morgan fingerprint density at radius 2 is 1.91 bits per heavy atom. The van der Waals surface area contributed by atoms with Crippen molar-refractivity contribution in [2.45, 2.75) is 12.5 Å². The second-order valence-electron chi connectivity index (χ2n) is 4.81. The second-order valence-corrected chi connectivity index (χ2v) is 6.57. The average Bonchev–Trinajstić information content (AvgIpc) is 2.48. The zero-order valence-corrected chi connectivity index (χ0v) is 14.8. The molecule has 0 radical (unpaired) electrons. The van der Waals surface area contributed by atoms with Crippen LogP contribution in [-0.4, -0.2) is 23.0 Å². The van der Waals surface area contributed by atoms with Crippen LogP contribution < -0.4 is 5.32 Å². The number of hydrogen-bond acceptors (Lipinski definition) is 2. The van der Waals surface area contributed by atoms with Crippen LogP contribution in [0.5, 0.6) is 0 Å². The summed E-state index contributed by atoms with van der Waals surface area (Å²) in [5.41, 5.74) is 0.964. The van der Waals surface area contributed by atoms with Crippen LogP contribution in [0.1, 0.15) is 15.9 Å². The van der Waals surface area contributed by atoms with Gasteiger partial charge in [-0.2, -0.15) is 0 Å². The van der Waals surface area contributed by atoms with E-state index in [4.69, 9.17) is 23.2 Å². The number of halogens is 3. The summed E-state index contributed by atoms with van der Waals surface area (Å²) in [6.45, 7) is 0. The van der Waals surface area contributed by atoms with E-state index >= 15 is 0 Å². The molecule has 0 fully saturated rings. The second kappa shape index (κ2) is 7.81. The van der Waals surface area contributed by atoms with Gasteiger partial charge in [-0.25, -0.2) is 4.79 Å². The lowest BCUT2D eigenvalue weighted by molar-refractivity contribution is -0.139. The zero-order chi connectivity index (χ0) is 17.0. The molecule has 4 nitrogen and oxygen atoms in total. The summed E-state index contributed by atoms with van der Waals surface area (Å²) in [6.07, 6.45) is 0.0606. The van der Waals surface area contributed by atoms with Gasteiger partial charge in [0.15, 0.2) is 0 Å². The van der Waals surface area contributed by atoms with Crippen molar-refractivity contribution < 1.29 is 14.7 Å². The highest BCUT2D eigenvalue weighted by Crippen LogP contribution is 2.22. The van der Waals surface area contributed by atoms with Gasteiger partial charge in [0.2, 0.25) is 0 Å². The summed E-state index contributed by atoms with van der Waals surface area (Å²) < 4.78 is 0.734. The molecule has 7 heteroatoms. The molecule has 2 rings (SSSR count). The molecule has 23 heavy (non-hydrogen) atoms. The van der Waals surface area contributed by atoms with E-state index in [-0.39, 0.29) is 6.42 Å². The fraction of sp³-hybridized carbons (Fsp3) is 0.125. The molecule has 2 N–H and O–H groups in total. The summed E-state index contributed by atoms with van der Waals surface area (Å²) in [4.78, 5) is 23.6. The van der Waals surface area contributed by atoms with Gasteiger partial charge < -0.3 is 10.4 Å². The first-order valence-electron chi connectivity index (χ1n) is 6.60. The van der Waals surface area contributed by atoms with Crippen molar-refractivity contribution in [1.82, 2.24) is 5.32 Å². The van der Waals surface area contributed by atoms with Gasteiger partial charge >= 0.3 is 5.97 Å². The molecule has 2 aromatic rings. The number of carbonyl (C=O) groups excluding carboxylic acids is 1. The summed E-state index contributed by atoms with van der Waals surface area (Å²) in [5, 5.41) is 12.7. The van der Waals surface area contributed by atoms with E-state index in [1.807, 2.05) is 0 Å². The number of carboxylic acids is 1. The Morgan fingerprint density at radius 3 is 2.52 bits per heavy atom. The van der Waals surface area contributed by atoms with Gasteiger partial charge in [-0.1, -0.05) is 51.3 Å². The molecule has 0 saturated carbocycles. The normalized spacial score (nSPS) is 11.8. The molecule has 1 amide bonds. The Hall–Kier alpha value is -1.56. The molecule has 2 aromatic carbocycles. The summed E-state index contributed by atoms with van der Waals surface area (Å²) in [6, 6.07) is 10.4.